The molecule has 0 bridgehead atoms. The molecule has 6 nitrogen and oxygen atoms in total. The summed E-state index contributed by atoms with van der Waals surface area (Å²) >= 11 is 0. The van der Waals surface area contributed by atoms with Crippen LogP contribution in [0.3, 0.4) is 0 Å². The Morgan fingerprint density at radius 1 is 1.33 bits per heavy atom. The largest absolute Gasteiger partial charge is 0.468 e. The molecule has 0 aliphatic heterocycles. The molecule has 0 aliphatic carbocycles. The second-order valence-electron chi connectivity index (χ2n) is 6.16. The van der Waals surface area contributed by atoms with E-state index >= 15 is 0 Å². The predicted molar refractivity (Wildman–Crippen MR) is 85.1 cm³/mol. The normalized spacial score (nSPS) is 15.2. The van der Waals surface area contributed by atoms with Crippen molar-refractivity contribution in [2.45, 2.75) is 45.2 Å². The number of sulfone groups is 1. The molecule has 1 unspecified atom stereocenters. The van der Waals surface area contributed by atoms with E-state index in [1.807, 2.05) is 32.7 Å². The maximum absolute atomic E-state index is 11.9. The highest BCUT2D eigenvalue weighted by Crippen LogP contribution is 2.16. The Bertz CT molecular complexity index is 423. The van der Waals surface area contributed by atoms with E-state index in [4.69, 9.17) is 4.74 Å². The first-order chi connectivity index (χ1) is 9.50. The zero-order valence-electron chi connectivity index (χ0n) is 14.1. The van der Waals surface area contributed by atoms with Crippen LogP contribution in [0.1, 0.15) is 33.6 Å². The van der Waals surface area contributed by atoms with Gasteiger partial charge in [0.1, 0.15) is 15.4 Å². The number of carbonyl (C=O) groups is 1. The van der Waals surface area contributed by atoms with Crippen LogP contribution in [0.15, 0.2) is 0 Å². The minimum absolute atomic E-state index is 0.155. The van der Waals surface area contributed by atoms with Gasteiger partial charge < -0.3 is 9.64 Å². The topological polar surface area (TPSA) is 75.7 Å². The predicted octanol–water partition coefficient (Wildman–Crippen LogP) is 0.673. The lowest BCUT2D eigenvalue weighted by atomic mass is 9.94. The number of ether oxygens (including phenoxy) is 1. The smallest absolute Gasteiger partial charge is 0.325 e. The molecule has 1 N–H and O–H groups in total. The molecule has 1 atom stereocenters. The van der Waals surface area contributed by atoms with Crippen LogP contribution in [0.25, 0.3) is 0 Å². The van der Waals surface area contributed by atoms with Gasteiger partial charge in [0.25, 0.3) is 0 Å². The van der Waals surface area contributed by atoms with Crippen LogP contribution < -0.4 is 5.32 Å². The van der Waals surface area contributed by atoms with Gasteiger partial charge in [-0.25, -0.2) is 8.42 Å². The van der Waals surface area contributed by atoms with Gasteiger partial charge in [0.2, 0.25) is 0 Å². The van der Waals surface area contributed by atoms with Gasteiger partial charge in [-0.3, -0.25) is 10.1 Å². The average Bonchev–Trinajstić information content (AvgIpc) is 2.33. The number of hydrogen-bond acceptors (Lipinski definition) is 6. The molecule has 0 aromatic rings. The highest BCUT2D eigenvalue weighted by atomic mass is 32.2. The van der Waals surface area contributed by atoms with Gasteiger partial charge in [-0.15, -0.1) is 0 Å². The number of rotatable bonds is 10. The third kappa shape index (κ3) is 9.06. The molecule has 0 rings (SSSR count). The third-order valence-corrected chi connectivity index (χ3v) is 4.23. The first kappa shape index (κ1) is 20.3. The van der Waals surface area contributed by atoms with Crippen molar-refractivity contribution in [2.24, 2.45) is 0 Å². The second-order valence-corrected chi connectivity index (χ2v) is 8.42. The fourth-order valence-corrected chi connectivity index (χ4v) is 2.87. The Morgan fingerprint density at radius 3 is 2.33 bits per heavy atom. The van der Waals surface area contributed by atoms with E-state index in [9.17, 15) is 13.2 Å². The van der Waals surface area contributed by atoms with Crippen LogP contribution in [0.2, 0.25) is 0 Å². The molecule has 0 radical (unpaired) electrons. The van der Waals surface area contributed by atoms with Crippen LogP contribution in [-0.2, 0) is 19.4 Å². The second kappa shape index (κ2) is 8.70. The number of methoxy groups -OCH3 is 1. The molecule has 0 aromatic carbocycles. The van der Waals surface area contributed by atoms with Crippen molar-refractivity contribution < 1.29 is 17.9 Å². The van der Waals surface area contributed by atoms with Crippen LogP contribution in [-0.4, -0.2) is 70.1 Å². The van der Waals surface area contributed by atoms with Crippen molar-refractivity contribution in [2.75, 3.05) is 39.3 Å². The van der Waals surface area contributed by atoms with Crippen LogP contribution >= 0.6 is 0 Å². The minimum Gasteiger partial charge on any atom is -0.468 e. The number of carbonyl (C=O) groups excluding carboxylic acids is 1. The summed E-state index contributed by atoms with van der Waals surface area (Å²) in [4.78, 5) is 13.9. The van der Waals surface area contributed by atoms with Gasteiger partial charge in [0.05, 0.1) is 12.9 Å². The van der Waals surface area contributed by atoms with Crippen molar-refractivity contribution in [1.29, 1.82) is 0 Å². The summed E-state index contributed by atoms with van der Waals surface area (Å²) < 4.78 is 27.1. The lowest BCUT2D eigenvalue weighted by Gasteiger charge is -2.30. The van der Waals surface area contributed by atoms with E-state index in [1.165, 1.54) is 13.4 Å². The molecule has 0 saturated carbocycles. The first-order valence-electron chi connectivity index (χ1n) is 7.22. The summed E-state index contributed by atoms with van der Waals surface area (Å²) in [5, 5.41) is 3.25. The molecular formula is C14H30N2O4S. The van der Waals surface area contributed by atoms with E-state index in [0.29, 0.717) is 13.0 Å². The SMILES string of the molecule is COC(=O)C(C)(CCCN(C)CCS(C)(=O)=O)NC(C)C. The van der Waals surface area contributed by atoms with Gasteiger partial charge in [0.15, 0.2) is 0 Å². The van der Waals surface area contributed by atoms with Crippen molar-refractivity contribution in [3.63, 3.8) is 0 Å². The zero-order chi connectivity index (χ0) is 16.7. The maximum atomic E-state index is 11.9. The Hall–Kier alpha value is -0.660. The summed E-state index contributed by atoms with van der Waals surface area (Å²) in [6.45, 7) is 7.06. The molecule has 126 valence electrons. The first-order valence-corrected chi connectivity index (χ1v) is 9.28. The highest BCUT2D eigenvalue weighted by molar-refractivity contribution is 7.90. The minimum atomic E-state index is -2.93. The summed E-state index contributed by atoms with van der Waals surface area (Å²) in [6.07, 6.45) is 2.66. The van der Waals surface area contributed by atoms with Crippen molar-refractivity contribution >= 4 is 15.8 Å². The van der Waals surface area contributed by atoms with Crippen molar-refractivity contribution in [3.8, 4) is 0 Å². The maximum Gasteiger partial charge on any atom is 0.325 e. The Balaban J connectivity index is 4.34. The fourth-order valence-electron chi connectivity index (χ4n) is 2.23. The molecule has 0 spiro atoms. The molecule has 21 heavy (non-hydrogen) atoms. The van der Waals surface area contributed by atoms with E-state index in [0.717, 1.165) is 13.0 Å². The van der Waals surface area contributed by atoms with E-state index < -0.39 is 15.4 Å². The zero-order valence-corrected chi connectivity index (χ0v) is 14.9. The van der Waals surface area contributed by atoms with Gasteiger partial charge in [-0.1, -0.05) is 0 Å². The Labute approximate surface area is 129 Å². The summed E-state index contributed by atoms with van der Waals surface area (Å²) in [5.41, 5.74) is -0.708. The molecule has 0 aromatic heterocycles. The molecule has 0 aliphatic rings. The molecule has 0 fully saturated rings. The van der Waals surface area contributed by atoms with Gasteiger partial charge >= 0.3 is 5.97 Å². The monoisotopic (exact) mass is 322 g/mol. The van der Waals surface area contributed by atoms with Gasteiger partial charge in [-0.2, -0.15) is 0 Å². The van der Waals surface area contributed by atoms with E-state index in [-0.39, 0.29) is 17.8 Å². The van der Waals surface area contributed by atoms with Crippen LogP contribution in [0, 0.1) is 0 Å². The molecule has 7 heteroatoms. The lowest BCUT2D eigenvalue weighted by Crippen LogP contribution is -2.53. The summed E-state index contributed by atoms with van der Waals surface area (Å²) in [6, 6.07) is 0.178. The number of hydrogen-bond donors (Lipinski definition) is 1. The van der Waals surface area contributed by atoms with E-state index in [2.05, 4.69) is 5.32 Å². The standard InChI is InChI=1S/C14H30N2O4S/c1-12(2)15-14(3,13(17)20-5)8-7-9-16(4)10-11-21(6,18)19/h12,15H,7-11H2,1-6H3. The summed E-state index contributed by atoms with van der Waals surface area (Å²) in [7, 11) is 0.341. The number of nitrogens with one attached hydrogen (secondary N) is 1. The van der Waals surface area contributed by atoms with Crippen LogP contribution in [0.5, 0.6) is 0 Å². The quantitative estimate of drug-likeness (QED) is 0.596. The Morgan fingerprint density at radius 2 is 1.90 bits per heavy atom. The fraction of sp³-hybridized carbons (Fsp3) is 0.929. The third-order valence-electron chi connectivity index (χ3n) is 3.30. The number of nitrogens with zero attached hydrogens (tertiary/aromatic N) is 1. The molecule has 0 heterocycles. The van der Waals surface area contributed by atoms with Gasteiger partial charge in [0, 0.05) is 18.8 Å². The van der Waals surface area contributed by atoms with Gasteiger partial charge in [-0.05, 0) is 47.2 Å². The van der Waals surface area contributed by atoms with Crippen molar-refractivity contribution in [1.82, 2.24) is 10.2 Å². The summed E-state index contributed by atoms with van der Waals surface area (Å²) in [5.74, 6) is -0.114. The molecular weight excluding hydrogens is 292 g/mol. The lowest BCUT2D eigenvalue weighted by molar-refractivity contribution is -0.148. The van der Waals surface area contributed by atoms with Crippen molar-refractivity contribution in [3.05, 3.63) is 0 Å². The number of esters is 1. The Kier molecular flexibility index (Phi) is 8.43. The van der Waals surface area contributed by atoms with Crippen LogP contribution in [0.4, 0.5) is 0 Å². The highest BCUT2D eigenvalue weighted by Gasteiger charge is 2.34. The molecule has 0 amide bonds. The molecule has 0 saturated heterocycles. The van der Waals surface area contributed by atoms with E-state index in [1.54, 1.807) is 0 Å². The average molecular weight is 322 g/mol.